The number of piperidine rings is 2. The summed E-state index contributed by atoms with van der Waals surface area (Å²) in [5.74, 6) is -1.32. The van der Waals surface area contributed by atoms with Crippen molar-refractivity contribution < 1.29 is 19.2 Å². The lowest BCUT2D eigenvalue weighted by Crippen LogP contribution is -2.51. The molecule has 2 fully saturated rings. The van der Waals surface area contributed by atoms with E-state index in [0.29, 0.717) is 50.4 Å². The number of carbonyl (C=O) groups excluding carboxylic acids is 4. The average molecular weight is 568 g/mol. The number of carbonyl (C=O) groups is 4. The van der Waals surface area contributed by atoms with Crippen LogP contribution in [0.5, 0.6) is 0 Å². The van der Waals surface area contributed by atoms with Crippen molar-refractivity contribution in [3.05, 3.63) is 95.5 Å². The Kier molecular flexibility index (Phi) is 7.47. The molecule has 4 heterocycles. The van der Waals surface area contributed by atoms with Crippen molar-refractivity contribution >= 4 is 29.4 Å². The van der Waals surface area contributed by atoms with E-state index in [2.05, 4.69) is 27.6 Å². The predicted octanol–water partition coefficient (Wildman–Crippen LogP) is 3.43. The number of aromatic nitrogens is 2. The summed E-state index contributed by atoms with van der Waals surface area (Å²) in [7, 11) is 0. The number of nitrogens with zero attached hydrogens (tertiary/aromatic N) is 4. The monoisotopic (exact) mass is 567 g/mol. The van der Waals surface area contributed by atoms with Crippen LogP contribution in [0.1, 0.15) is 63.6 Å². The van der Waals surface area contributed by atoms with Crippen LogP contribution in [0.4, 0.5) is 10.5 Å². The maximum atomic E-state index is 13.4. The summed E-state index contributed by atoms with van der Waals surface area (Å²) in [4.78, 5) is 54.6. The van der Waals surface area contributed by atoms with Gasteiger partial charge in [0.1, 0.15) is 6.04 Å². The van der Waals surface area contributed by atoms with Crippen LogP contribution in [0.3, 0.4) is 0 Å². The molecule has 1 unspecified atom stereocenters. The molecule has 0 saturated carbocycles. The second kappa shape index (κ2) is 11.5. The van der Waals surface area contributed by atoms with E-state index >= 15 is 0 Å². The van der Waals surface area contributed by atoms with E-state index in [1.54, 1.807) is 24.4 Å². The lowest BCUT2D eigenvalue weighted by molar-refractivity contribution is -0.125. The highest BCUT2D eigenvalue weighted by Gasteiger charge is 2.45. The Morgan fingerprint density at radius 3 is 2.50 bits per heavy atom. The SMILES string of the molecule is C=C1CCC(N2C(=O)c3cccc(NCc4cnn(C5CCN(C(=O)NCc6ccccc6)CC5)c4)c3C2=O)C(=O)N1. The summed E-state index contributed by atoms with van der Waals surface area (Å²) < 4.78 is 1.94. The molecule has 2 aromatic carbocycles. The third-order valence-corrected chi connectivity index (χ3v) is 8.13. The normalized spacial score (nSPS) is 19.1. The van der Waals surface area contributed by atoms with E-state index in [0.717, 1.165) is 28.9 Å². The van der Waals surface area contributed by atoms with Crippen molar-refractivity contribution in [2.45, 2.75) is 50.9 Å². The minimum Gasteiger partial charge on any atom is -0.380 e. The first-order valence-corrected chi connectivity index (χ1v) is 14.2. The molecule has 3 N–H and O–H groups in total. The third-order valence-electron chi connectivity index (χ3n) is 8.13. The number of amides is 5. The molecule has 5 amide bonds. The first-order chi connectivity index (χ1) is 20.4. The fourth-order valence-electron chi connectivity index (χ4n) is 5.83. The second-order valence-electron chi connectivity index (χ2n) is 10.9. The Bertz CT molecular complexity index is 1540. The lowest BCUT2D eigenvalue weighted by atomic mass is 10.0. The van der Waals surface area contributed by atoms with Gasteiger partial charge in [-0.15, -0.1) is 0 Å². The van der Waals surface area contributed by atoms with Gasteiger partial charge in [0.15, 0.2) is 0 Å². The predicted molar refractivity (Wildman–Crippen MR) is 155 cm³/mol. The van der Waals surface area contributed by atoms with E-state index < -0.39 is 17.9 Å². The maximum Gasteiger partial charge on any atom is 0.317 e. The van der Waals surface area contributed by atoms with Crippen LogP contribution >= 0.6 is 0 Å². The van der Waals surface area contributed by atoms with Gasteiger partial charge in [-0.2, -0.15) is 5.10 Å². The molecule has 11 nitrogen and oxygen atoms in total. The number of anilines is 1. The third kappa shape index (κ3) is 5.37. The zero-order valence-corrected chi connectivity index (χ0v) is 23.2. The Morgan fingerprint density at radius 2 is 1.74 bits per heavy atom. The molecule has 11 heteroatoms. The van der Waals surface area contributed by atoms with E-state index in [1.807, 2.05) is 46.1 Å². The molecular weight excluding hydrogens is 534 g/mol. The molecular formula is C31H33N7O4. The molecule has 2 saturated heterocycles. The van der Waals surface area contributed by atoms with E-state index in [4.69, 9.17) is 0 Å². The van der Waals surface area contributed by atoms with Gasteiger partial charge < -0.3 is 20.9 Å². The minimum atomic E-state index is -0.852. The number of nitrogens with one attached hydrogen (secondary N) is 3. The molecule has 0 bridgehead atoms. The zero-order chi connectivity index (χ0) is 29.2. The van der Waals surface area contributed by atoms with Gasteiger partial charge in [-0.1, -0.05) is 43.0 Å². The first kappa shape index (κ1) is 27.3. The molecule has 3 aliphatic heterocycles. The molecule has 42 heavy (non-hydrogen) atoms. The van der Waals surface area contributed by atoms with Crippen LogP contribution in [0.25, 0.3) is 0 Å². The van der Waals surface area contributed by atoms with Crippen LogP contribution in [0, 0.1) is 0 Å². The number of allylic oxidation sites excluding steroid dienone is 1. The van der Waals surface area contributed by atoms with Gasteiger partial charge in [0.05, 0.1) is 23.4 Å². The lowest BCUT2D eigenvalue weighted by Gasteiger charge is -2.32. The van der Waals surface area contributed by atoms with Gasteiger partial charge in [-0.25, -0.2) is 4.79 Å². The molecule has 6 rings (SSSR count). The van der Waals surface area contributed by atoms with Crippen molar-refractivity contribution in [2.75, 3.05) is 18.4 Å². The summed E-state index contributed by atoms with van der Waals surface area (Å²) >= 11 is 0. The summed E-state index contributed by atoms with van der Waals surface area (Å²) in [6.45, 7) is 5.98. The van der Waals surface area contributed by atoms with E-state index in [-0.39, 0.29) is 29.1 Å². The number of urea groups is 1. The number of rotatable bonds is 7. The number of fused-ring (bicyclic) bond motifs is 1. The van der Waals surface area contributed by atoms with Gasteiger partial charge in [0, 0.05) is 49.3 Å². The van der Waals surface area contributed by atoms with Crippen molar-refractivity contribution in [3.8, 4) is 0 Å². The summed E-state index contributed by atoms with van der Waals surface area (Å²) in [6.07, 6.45) is 6.23. The fourth-order valence-corrected chi connectivity index (χ4v) is 5.83. The summed E-state index contributed by atoms with van der Waals surface area (Å²) in [5, 5.41) is 13.5. The number of hydrogen-bond acceptors (Lipinski definition) is 6. The minimum absolute atomic E-state index is 0.0563. The summed E-state index contributed by atoms with van der Waals surface area (Å²) in [5.41, 5.74) is 3.69. The Morgan fingerprint density at radius 1 is 0.952 bits per heavy atom. The number of hydrogen-bond donors (Lipinski definition) is 3. The first-order valence-electron chi connectivity index (χ1n) is 14.2. The van der Waals surface area contributed by atoms with Crippen LogP contribution in [0.2, 0.25) is 0 Å². The van der Waals surface area contributed by atoms with Crippen molar-refractivity contribution in [2.24, 2.45) is 0 Å². The number of imide groups is 1. The highest BCUT2D eigenvalue weighted by atomic mass is 16.2. The fraction of sp³-hybridized carbons (Fsp3) is 0.323. The highest BCUT2D eigenvalue weighted by molar-refractivity contribution is 6.25. The van der Waals surface area contributed by atoms with Crippen molar-refractivity contribution in [3.63, 3.8) is 0 Å². The Balaban J connectivity index is 1.04. The molecule has 0 radical (unpaired) electrons. The van der Waals surface area contributed by atoms with Crippen LogP contribution in [-0.2, 0) is 17.9 Å². The van der Waals surface area contributed by atoms with Crippen molar-refractivity contribution in [1.29, 1.82) is 0 Å². The summed E-state index contributed by atoms with van der Waals surface area (Å²) in [6, 6.07) is 14.2. The maximum absolute atomic E-state index is 13.4. The van der Waals surface area contributed by atoms with Crippen LogP contribution in [0.15, 0.2) is 73.2 Å². The Labute approximate surface area is 243 Å². The van der Waals surface area contributed by atoms with Gasteiger partial charge >= 0.3 is 6.03 Å². The van der Waals surface area contributed by atoms with E-state index in [1.165, 1.54) is 0 Å². The molecule has 3 aromatic rings. The molecule has 1 aromatic heterocycles. The molecule has 216 valence electrons. The van der Waals surface area contributed by atoms with E-state index in [9.17, 15) is 19.2 Å². The molecule has 0 spiro atoms. The molecule has 3 aliphatic rings. The quantitative estimate of drug-likeness (QED) is 0.376. The van der Waals surface area contributed by atoms with Crippen LogP contribution in [-0.4, -0.2) is 62.5 Å². The van der Waals surface area contributed by atoms with Gasteiger partial charge in [-0.3, -0.25) is 24.0 Å². The second-order valence-corrected chi connectivity index (χ2v) is 10.9. The zero-order valence-electron chi connectivity index (χ0n) is 23.2. The Hall–Kier alpha value is -4.93. The van der Waals surface area contributed by atoms with Gasteiger partial charge in [0.2, 0.25) is 5.91 Å². The average Bonchev–Trinajstić information content (AvgIpc) is 3.58. The standard InChI is InChI=1S/C31H33N7O4/c1-20-10-11-26(28(39)35-20)38-29(40)24-8-5-9-25(27(24)30(38)41)32-17-22-18-34-37(19-22)23-12-14-36(15-13-23)31(42)33-16-21-6-3-2-4-7-21/h2-9,18-19,23,26,32H,1,10-17H2,(H,33,42)(H,35,39). The topological polar surface area (TPSA) is 129 Å². The van der Waals surface area contributed by atoms with Crippen LogP contribution < -0.4 is 16.0 Å². The smallest absolute Gasteiger partial charge is 0.317 e. The van der Waals surface area contributed by atoms with Gasteiger partial charge in [0.25, 0.3) is 11.8 Å². The van der Waals surface area contributed by atoms with Gasteiger partial charge in [-0.05, 0) is 43.4 Å². The molecule has 1 atom stereocenters. The number of likely N-dealkylation sites (tertiary alicyclic amines) is 1. The molecule has 0 aliphatic carbocycles. The number of benzene rings is 2. The van der Waals surface area contributed by atoms with Crippen molar-refractivity contribution in [1.82, 2.24) is 30.2 Å². The largest absolute Gasteiger partial charge is 0.380 e. The highest BCUT2D eigenvalue weighted by Crippen LogP contribution is 2.33.